The molecular weight excluding hydrogens is 467 g/mol. The fourth-order valence-corrected chi connectivity index (χ4v) is 3.09. The first-order chi connectivity index (χ1) is 14.9. The molecule has 3 aromatic carbocycles. The van der Waals surface area contributed by atoms with E-state index in [-0.39, 0.29) is 11.8 Å². The number of nitrogens with one attached hydrogen (secondary N) is 2. The van der Waals surface area contributed by atoms with Gasteiger partial charge in [-0.05, 0) is 89.6 Å². The summed E-state index contributed by atoms with van der Waals surface area (Å²) in [6.07, 6.45) is -0.820. The normalized spacial score (nSPS) is 11.4. The summed E-state index contributed by atoms with van der Waals surface area (Å²) >= 11 is 3.20. The van der Waals surface area contributed by atoms with Crippen LogP contribution in [0.25, 0.3) is 0 Å². The highest BCUT2D eigenvalue weighted by Gasteiger charge is 2.17. The van der Waals surface area contributed by atoms with Crippen molar-refractivity contribution in [3.63, 3.8) is 0 Å². The summed E-state index contributed by atoms with van der Waals surface area (Å²) in [4.78, 5) is 24.8. The third-order valence-corrected chi connectivity index (χ3v) is 4.95. The highest BCUT2D eigenvalue weighted by atomic mass is 79.9. The van der Waals surface area contributed by atoms with Gasteiger partial charge in [0.2, 0.25) is 0 Å². The molecule has 3 rings (SSSR count). The Morgan fingerprint density at radius 2 is 1.55 bits per heavy atom. The zero-order valence-electron chi connectivity index (χ0n) is 16.8. The molecule has 0 saturated heterocycles. The molecule has 1 atom stereocenters. The molecule has 0 aliphatic carbocycles. The van der Waals surface area contributed by atoms with E-state index in [2.05, 4.69) is 26.6 Å². The lowest BCUT2D eigenvalue weighted by molar-refractivity contribution is -0.122. The number of amides is 2. The molecule has 0 spiro atoms. The molecule has 0 bridgehead atoms. The van der Waals surface area contributed by atoms with E-state index in [0.717, 1.165) is 0 Å². The van der Waals surface area contributed by atoms with Crippen molar-refractivity contribution in [2.75, 3.05) is 17.7 Å². The molecule has 0 aromatic heterocycles. The van der Waals surface area contributed by atoms with Gasteiger partial charge in [0.05, 0.1) is 11.6 Å². The van der Waals surface area contributed by atoms with E-state index in [0.29, 0.717) is 32.9 Å². The van der Waals surface area contributed by atoms with Crippen LogP contribution in [0.5, 0.6) is 11.5 Å². The Bertz CT molecular complexity index is 1070. The molecule has 0 heterocycles. The largest absolute Gasteiger partial charge is 0.497 e. The van der Waals surface area contributed by atoms with Gasteiger partial charge in [0.15, 0.2) is 6.10 Å². The van der Waals surface area contributed by atoms with Crippen LogP contribution in [0.1, 0.15) is 17.3 Å². The number of carbonyl (C=O) groups is 2. The molecule has 2 amide bonds. The molecule has 0 saturated carbocycles. The molecule has 0 fully saturated rings. The second kappa shape index (κ2) is 10.1. The first-order valence-corrected chi connectivity index (χ1v) is 10.1. The molecule has 0 radical (unpaired) electrons. The first-order valence-electron chi connectivity index (χ1n) is 9.34. The van der Waals surface area contributed by atoms with Crippen molar-refractivity contribution in [1.82, 2.24) is 0 Å². The molecule has 0 aliphatic heterocycles. The molecule has 6 nitrogen and oxygen atoms in total. The summed E-state index contributed by atoms with van der Waals surface area (Å²) in [5.74, 6) is -0.0160. The van der Waals surface area contributed by atoms with Crippen LogP contribution in [0.3, 0.4) is 0 Å². The van der Waals surface area contributed by atoms with Crippen LogP contribution in [-0.4, -0.2) is 25.0 Å². The molecule has 3 aromatic rings. The third-order valence-electron chi connectivity index (χ3n) is 4.33. The van der Waals surface area contributed by atoms with Gasteiger partial charge in [-0.1, -0.05) is 0 Å². The fourth-order valence-electron chi connectivity index (χ4n) is 2.64. The smallest absolute Gasteiger partial charge is 0.265 e. The highest BCUT2D eigenvalue weighted by molar-refractivity contribution is 9.10. The number of rotatable bonds is 7. The zero-order valence-corrected chi connectivity index (χ0v) is 18.4. The number of ether oxygens (including phenoxy) is 2. The van der Waals surface area contributed by atoms with Crippen LogP contribution >= 0.6 is 15.9 Å². The Morgan fingerprint density at radius 3 is 2.16 bits per heavy atom. The van der Waals surface area contributed by atoms with Gasteiger partial charge in [0.1, 0.15) is 17.3 Å². The van der Waals surface area contributed by atoms with E-state index in [1.807, 2.05) is 0 Å². The number of benzene rings is 3. The van der Waals surface area contributed by atoms with Crippen LogP contribution in [0.4, 0.5) is 15.8 Å². The van der Waals surface area contributed by atoms with Gasteiger partial charge in [-0.15, -0.1) is 0 Å². The number of hydrogen-bond donors (Lipinski definition) is 2. The van der Waals surface area contributed by atoms with Gasteiger partial charge in [-0.25, -0.2) is 4.39 Å². The van der Waals surface area contributed by atoms with Crippen molar-refractivity contribution >= 4 is 39.1 Å². The maximum atomic E-state index is 13.2. The minimum absolute atomic E-state index is 0.277. The lowest BCUT2D eigenvalue weighted by atomic mass is 10.2. The summed E-state index contributed by atoms with van der Waals surface area (Å²) < 4.78 is 24.3. The molecule has 160 valence electrons. The van der Waals surface area contributed by atoms with Gasteiger partial charge in [0, 0.05) is 16.9 Å². The summed E-state index contributed by atoms with van der Waals surface area (Å²) in [5, 5.41) is 5.51. The first kappa shape index (κ1) is 22.3. The predicted octanol–water partition coefficient (Wildman–Crippen LogP) is 5.26. The summed E-state index contributed by atoms with van der Waals surface area (Å²) in [7, 11) is 1.57. The van der Waals surface area contributed by atoms with E-state index in [4.69, 9.17) is 9.47 Å². The van der Waals surface area contributed by atoms with Crippen molar-refractivity contribution < 1.29 is 23.5 Å². The summed E-state index contributed by atoms with van der Waals surface area (Å²) in [6.45, 7) is 1.59. The zero-order chi connectivity index (χ0) is 22.4. The topological polar surface area (TPSA) is 76.7 Å². The minimum atomic E-state index is -0.820. The molecule has 1 unspecified atom stereocenters. The van der Waals surface area contributed by atoms with E-state index < -0.39 is 11.9 Å². The van der Waals surface area contributed by atoms with Gasteiger partial charge in [-0.3, -0.25) is 9.59 Å². The van der Waals surface area contributed by atoms with Crippen molar-refractivity contribution in [1.29, 1.82) is 0 Å². The van der Waals surface area contributed by atoms with Crippen LogP contribution in [0, 0.1) is 5.82 Å². The van der Waals surface area contributed by atoms with E-state index >= 15 is 0 Å². The maximum absolute atomic E-state index is 13.2. The third kappa shape index (κ3) is 6.05. The van der Waals surface area contributed by atoms with E-state index in [1.165, 1.54) is 18.2 Å². The van der Waals surface area contributed by atoms with Gasteiger partial charge in [-0.2, -0.15) is 0 Å². The van der Waals surface area contributed by atoms with Crippen LogP contribution in [0.2, 0.25) is 0 Å². The number of hydrogen-bond acceptors (Lipinski definition) is 4. The number of carbonyl (C=O) groups excluding carboxylic acids is 2. The lowest BCUT2D eigenvalue weighted by Gasteiger charge is -2.16. The molecular formula is C23H20BrFN2O4. The van der Waals surface area contributed by atoms with Gasteiger partial charge in [0.25, 0.3) is 11.8 Å². The Balaban J connectivity index is 1.57. The standard InChI is InChI=1S/C23H20BrFN2O4/c1-14(31-21-12-5-16(25)13-20(21)24)22(28)26-17-6-3-15(4-7-17)23(29)27-18-8-10-19(30-2)11-9-18/h3-14H,1-2H3,(H,26,28)(H,27,29). The quantitative estimate of drug-likeness (QED) is 0.477. The second-order valence-electron chi connectivity index (χ2n) is 6.58. The van der Waals surface area contributed by atoms with Crippen molar-refractivity contribution in [3.05, 3.63) is 82.6 Å². The average molecular weight is 487 g/mol. The Labute approximate surface area is 187 Å². The summed E-state index contributed by atoms with van der Waals surface area (Å²) in [5.41, 5.74) is 1.59. The van der Waals surface area contributed by atoms with Crippen molar-refractivity contribution in [3.8, 4) is 11.5 Å². The number of methoxy groups -OCH3 is 1. The molecule has 31 heavy (non-hydrogen) atoms. The Hall–Kier alpha value is -3.39. The minimum Gasteiger partial charge on any atom is -0.497 e. The highest BCUT2D eigenvalue weighted by Crippen LogP contribution is 2.26. The second-order valence-corrected chi connectivity index (χ2v) is 7.44. The van der Waals surface area contributed by atoms with E-state index in [1.54, 1.807) is 62.6 Å². The van der Waals surface area contributed by atoms with Crippen LogP contribution < -0.4 is 20.1 Å². The van der Waals surface area contributed by atoms with Crippen molar-refractivity contribution in [2.24, 2.45) is 0 Å². The number of anilines is 2. The summed E-state index contributed by atoms with van der Waals surface area (Å²) in [6, 6.07) is 17.4. The van der Waals surface area contributed by atoms with Crippen molar-refractivity contribution in [2.45, 2.75) is 13.0 Å². The van der Waals surface area contributed by atoms with Gasteiger partial charge >= 0.3 is 0 Å². The van der Waals surface area contributed by atoms with Crippen LogP contribution in [0.15, 0.2) is 71.2 Å². The molecule has 8 heteroatoms. The van der Waals surface area contributed by atoms with Gasteiger partial charge < -0.3 is 20.1 Å². The monoisotopic (exact) mass is 486 g/mol. The SMILES string of the molecule is COc1ccc(NC(=O)c2ccc(NC(=O)C(C)Oc3ccc(F)cc3Br)cc2)cc1. The number of halogens is 2. The Kier molecular flexibility index (Phi) is 7.25. The maximum Gasteiger partial charge on any atom is 0.265 e. The van der Waals surface area contributed by atoms with Crippen LogP contribution in [-0.2, 0) is 4.79 Å². The molecule has 2 N–H and O–H groups in total. The Morgan fingerprint density at radius 1 is 0.935 bits per heavy atom. The van der Waals surface area contributed by atoms with E-state index in [9.17, 15) is 14.0 Å². The average Bonchev–Trinajstić information content (AvgIpc) is 2.76. The predicted molar refractivity (Wildman–Crippen MR) is 120 cm³/mol. The fraction of sp³-hybridized carbons (Fsp3) is 0.130. The molecule has 0 aliphatic rings. The lowest BCUT2D eigenvalue weighted by Crippen LogP contribution is -2.30.